The van der Waals surface area contributed by atoms with Gasteiger partial charge in [0.25, 0.3) is 5.52 Å². The summed E-state index contributed by atoms with van der Waals surface area (Å²) < 4.78 is 41.0. The van der Waals surface area contributed by atoms with Crippen molar-refractivity contribution in [3.63, 3.8) is 0 Å². The van der Waals surface area contributed by atoms with Crippen molar-refractivity contribution in [1.82, 2.24) is 0 Å². The molecule has 0 saturated heterocycles. The van der Waals surface area contributed by atoms with E-state index in [2.05, 4.69) is 19.9 Å². The number of halogens is 4. The SMILES string of the molecule is Cc1cc2cccc(O)c2[n+](C)c1C.F[B-](F)(F)F. The van der Waals surface area contributed by atoms with E-state index in [1.807, 2.05) is 23.7 Å². The van der Waals surface area contributed by atoms with E-state index < -0.39 is 7.25 Å². The van der Waals surface area contributed by atoms with E-state index in [0.717, 1.165) is 10.9 Å². The van der Waals surface area contributed by atoms with Crippen molar-refractivity contribution in [1.29, 1.82) is 0 Å². The van der Waals surface area contributed by atoms with Crippen LogP contribution in [-0.4, -0.2) is 12.4 Å². The second kappa shape index (κ2) is 5.46. The fraction of sp³-hybridized carbons (Fsp3) is 0.250. The number of nitrogens with zero attached hydrogens (tertiary/aromatic N) is 1. The highest BCUT2D eigenvalue weighted by molar-refractivity contribution is 6.50. The largest absolute Gasteiger partial charge is 0.673 e. The van der Waals surface area contributed by atoms with Gasteiger partial charge in [0.2, 0.25) is 0 Å². The predicted octanol–water partition coefficient (Wildman–Crippen LogP) is 3.29. The molecule has 1 heterocycles. The number of fused-ring (bicyclic) bond motifs is 1. The molecule has 0 aliphatic carbocycles. The van der Waals surface area contributed by atoms with E-state index in [9.17, 15) is 22.4 Å². The third kappa shape index (κ3) is 4.12. The maximum atomic E-state index is 9.75. The molecular formula is C12H14BF4NO. The molecule has 1 aromatic heterocycles. The van der Waals surface area contributed by atoms with Gasteiger partial charge < -0.3 is 22.4 Å². The predicted molar refractivity (Wildman–Crippen MR) is 66.4 cm³/mol. The number of aromatic nitrogens is 1. The van der Waals surface area contributed by atoms with Crippen LogP contribution in [0.25, 0.3) is 10.9 Å². The number of aryl methyl sites for hydroxylation is 2. The molecule has 2 aromatic rings. The molecule has 2 nitrogen and oxygen atoms in total. The number of benzene rings is 1. The summed E-state index contributed by atoms with van der Waals surface area (Å²) >= 11 is 0. The Morgan fingerprint density at radius 3 is 2.16 bits per heavy atom. The highest BCUT2D eigenvalue weighted by atomic mass is 19.5. The highest BCUT2D eigenvalue weighted by Crippen LogP contribution is 2.22. The number of phenolic OH excluding ortho intramolecular Hbond substituents is 1. The molecule has 0 aliphatic rings. The Kier molecular flexibility index (Phi) is 4.39. The van der Waals surface area contributed by atoms with Crippen LogP contribution in [0, 0.1) is 13.8 Å². The smallest absolute Gasteiger partial charge is 0.502 e. The molecule has 0 fully saturated rings. The zero-order valence-electron chi connectivity index (χ0n) is 10.8. The van der Waals surface area contributed by atoms with Crippen LogP contribution in [0.3, 0.4) is 0 Å². The lowest BCUT2D eigenvalue weighted by molar-refractivity contribution is -0.651. The zero-order valence-corrected chi connectivity index (χ0v) is 10.8. The molecular weight excluding hydrogens is 261 g/mol. The lowest BCUT2D eigenvalue weighted by Crippen LogP contribution is -2.33. The number of pyridine rings is 1. The molecule has 0 atom stereocenters. The summed E-state index contributed by atoms with van der Waals surface area (Å²) in [6.45, 7) is 4.14. The van der Waals surface area contributed by atoms with Crippen LogP contribution in [0.1, 0.15) is 11.3 Å². The molecule has 19 heavy (non-hydrogen) atoms. The van der Waals surface area contributed by atoms with Crippen LogP contribution in [0.15, 0.2) is 24.3 Å². The Labute approximate surface area is 108 Å². The normalized spacial score (nSPS) is 11.1. The number of hydrogen-bond donors (Lipinski definition) is 1. The summed E-state index contributed by atoms with van der Waals surface area (Å²) in [6, 6.07) is 7.70. The molecule has 0 radical (unpaired) electrons. The van der Waals surface area contributed by atoms with Gasteiger partial charge in [-0.3, -0.25) is 0 Å². The third-order valence-corrected chi connectivity index (χ3v) is 2.83. The molecule has 0 saturated carbocycles. The van der Waals surface area contributed by atoms with E-state index in [4.69, 9.17) is 0 Å². The van der Waals surface area contributed by atoms with Gasteiger partial charge in [-0.25, -0.2) is 0 Å². The van der Waals surface area contributed by atoms with Gasteiger partial charge in [0.05, 0.1) is 5.39 Å². The zero-order chi connectivity index (χ0) is 14.8. The van der Waals surface area contributed by atoms with Crippen LogP contribution >= 0.6 is 0 Å². The van der Waals surface area contributed by atoms with Crippen LogP contribution < -0.4 is 4.57 Å². The summed E-state index contributed by atoms with van der Waals surface area (Å²) in [5, 5.41) is 10.8. The first-order valence-electron chi connectivity index (χ1n) is 5.56. The van der Waals surface area contributed by atoms with Crippen LogP contribution in [-0.2, 0) is 7.05 Å². The molecule has 0 bridgehead atoms. The van der Waals surface area contributed by atoms with Gasteiger partial charge in [-0.2, -0.15) is 4.57 Å². The summed E-state index contributed by atoms with van der Waals surface area (Å²) in [4.78, 5) is 0. The lowest BCUT2D eigenvalue weighted by atomic mass is 10.1. The minimum absolute atomic E-state index is 0.341. The summed E-state index contributed by atoms with van der Waals surface area (Å²) in [7, 11) is -4.02. The maximum Gasteiger partial charge on any atom is 0.673 e. The number of rotatable bonds is 0. The van der Waals surface area contributed by atoms with Gasteiger partial charge in [0.15, 0.2) is 11.4 Å². The summed E-state index contributed by atoms with van der Waals surface area (Å²) in [6.07, 6.45) is 0. The Balaban J connectivity index is 0.000000312. The molecule has 1 aromatic carbocycles. The Hall–Kier alpha value is -1.79. The Bertz CT molecular complexity index is 592. The quantitative estimate of drug-likeness (QED) is 0.445. The summed E-state index contributed by atoms with van der Waals surface area (Å²) in [5.74, 6) is 0.341. The lowest BCUT2D eigenvalue weighted by Gasteiger charge is -2.04. The van der Waals surface area contributed by atoms with Gasteiger partial charge in [0.1, 0.15) is 7.05 Å². The number of aromatic hydroxyl groups is 1. The van der Waals surface area contributed by atoms with Crippen LogP contribution in [0.4, 0.5) is 17.3 Å². The van der Waals surface area contributed by atoms with Gasteiger partial charge in [-0.15, -0.1) is 0 Å². The first kappa shape index (κ1) is 15.3. The van der Waals surface area contributed by atoms with Crippen molar-refractivity contribution >= 4 is 18.2 Å². The van der Waals surface area contributed by atoms with E-state index in [-0.39, 0.29) is 0 Å². The standard InChI is InChI=1S/C12H13NO.BF4/c1-8-7-10-5-4-6-11(14)12(10)13(3)9(8)2;2-1(3,4)5/h4-7H,1-3H3;/q;-1/p+1. The van der Waals surface area contributed by atoms with Crippen LogP contribution in [0.5, 0.6) is 5.75 Å². The number of para-hydroxylation sites is 1. The molecule has 104 valence electrons. The topological polar surface area (TPSA) is 24.1 Å². The average molecular weight is 275 g/mol. The highest BCUT2D eigenvalue weighted by Gasteiger charge is 2.20. The van der Waals surface area contributed by atoms with Crippen molar-refractivity contribution in [3.8, 4) is 5.75 Å². The first-order valence-corrected chi connectivity index (χ1v) is 5.56. The second-order valence-electron chi connectivity index (χ2n) is 4.18. The minimum Gasteiger partial charge on any atom is -0.502 e. The second-order valence-corrected chi connectivity index (χ2v) is 4.18. The maximum absolute atomic E-state index is 9.75. The summed E-state index contributed by atoms with van der Waals surface area (Å²) in [5.41, 5.74) is 3.32. The first-order chi connectivity index (χ1) is 8.61. The van der Waals surface area contributed by atoms with Gasteiger partial charge in [-0.1, -0.05) is 6.07 Å². The van der Waals surface area contributed by atoms with Crippen LogP contribution in [0.2, 0.25) is 0 Å². The van der Waals surface area contributed by atoms with Crippen molar-refractivity contribution in [2.75, 3.05) is 0 Å². The average Bonchev–Trinajstić information content (AvgIpc) is 2.23. The van der Waals surface area contributed by atoms with Crippen molar-refractivity contribution in [2.24, 2.45) is 7.05 Å². The monoisotopic (exact) mass is 275 g/mol. The van der Waals surface area contributed by atoms with Gasteiger partial charge in [-0.05, 0) is 25.1 Å². The van der Waals surface area contributed by atoms with E-state index in [1.165, 1.54) is 11.3 Å². The Morgan fingerprint density at radius 2 is 1.63 bits per heavy atom. The molecule has 7 heteroatoms. The molecule has 0 aliphatic heterocycles. The molecule has 2 rings (SSSR count). The third-order valence-electron chi connectivity index (χ3n) is 2.83. The van der Waals surface area contributed by atoms with Crippen molar-refractivity contribution in [3.05, 3.63) is 35.5 Å². The van der Waals surface area contributed by atoms with E-state index in [1.54, 1.807) is 6.07 Å². The number of hydrogen-bond acceptors (Lipinski definition) is 1. The molecule has 0 spiro atoms. The van der Waals surface area contributed by atoms with Gasteiger partial charge >= 0.3 is 7.25 Å². The number of phenols is 1. The fourth-order valence-corrected chi connectivity index (χ4v) is 1.80. The van der Waals surface area contributed by atoms with E-state index in [0.29, 0.717) is 5.75 Å². The minimum atomic E-state index is -6.00. The fourth-order valence-electron chi connectivity index (χ4n) is 1.80. The molecule has 1 N–H and O–H groups in total. The molecule has 0 unspecified atom stereocenters. The van der Waals surface area contributed by atoms with E-state index >= 15 is 0 Å². The molecule has 0 amide bonds. The Morgan fingerprint density at radius 1 is 1.11 bits per heavy atom. The van der Waals surface area contributed by atoms with Crippen molar-refractivity contribution < 1.29 is 26.9 Å². The van der Waals surface area contributed by atoms with Crippen molar-refractivity contribution in [2.45, 2.75) is 13.8 Å². The van der Waals surface area contributed by atoms with Gasteiger partial charge in [0, 0.05) is 12.5 Å².